The van der Waals surface area contributed by atoms with Crippen molar-refractivity contribution in [3.8, 4) is 5.75 Å². The maximum Gasteiger partial charge on any atom is 0.387 e. The molecule has 0 saturated carbocycles. The molecule has 1 atom stereocenters. The van der Waals surface area contributed by atoms with Gasteiger partial charge in [-0.05, 0) is 54.6 Å². The zero-order valence-corrected chi connectivity index (χ0v) is 17.0. The lowest BCUT2D eigenvalue weighted by molar-refractivity contribution is -0.532. The average Bonchev–Trinajstić information content (AvgIpc) is 2.95. The van der Waals surface area contributed by atoms with E-state index in [4.69, 9.17) is 0 Å². The number of aliphatic hydroxyl groups is 1. The molecule has 2 heterocycles. The second-order valence-electron chi connectivity index (χ2n) is 6.30. The van der Waals surface area contributed by atoms with Crippen LogP contribution in [0.4, 0.5) is 14.5 Å². The lowest BCUT2D eigenvalue weighted by atomic mass is 10.0. The van der Waals surface area contributed by atoms with Crippen LogP contribution in [0.25, 0.3) is 0 Å². The van der Waals surface area contributed by atoms with Crippen molar-refractivity contribution in [3.63, 3.8) is 0 Å². The molecule has 0 fully saturated rings. The number of alkyl halides is 2. The van der Waals surface area contributed by atoms with Crippen molar-refractivity contribution in [2.75, 3.05) is 23.7 Å². The van der Waals surface area contributed by atoms with Crippen LogP contribution in [0.15, 0.2) is 54.6 Å². The number of anilines is 1. The first-order valence-electron chi connectivity index (χ1n) is 8.46. The van der Waals surface area contributed by atoms with Crippen molar-refractivity contribution in [1.82, 2.24) is 0 Å². The summed E-state index contributed by atoms with van der Waals surface area (Å²) in [4.78, 5) is 1.94. The number of hydrogen-bond acceptors (Lipinski definition) is 4. The molecule has 2 aromatic rings. The Balaban J connectivity index is 0.00000210. The van der Waals surface area contributed by atoms with E-state index in [0.29, 0.717) is 12.1 Å². The molecular formula is C19H20BrF2N2O2S+. The molecule has 2 aliphatic heterocycles. The number of para-hydroxylation sites is 1. The van der Waals surface area contributed by atoms with Gasteiger partial charge in [0.2, 0.25) is 0 Å². The van der Waals surface area contributed by atoms with Crippen molar-refractivity contribution < 1.29 is 23.2 Å². The molecule has 144 valence electrons. The Kier molecular flexibility index (Phi) is 6.08. The van der Waals surface area contributed by atoms with Gasteiger partial charge in [-0.3, -0.25) is 0 Å². The molecule has 0 aliphatic carbocycles. The van der Waals surface area contributed by atoms with Gasteiger partial charge in [-0.15, -0.1) is 17.0 Å². The Morgan fingerprint density at radius 1 is 1.11 bits per heavy atom. The highest BCUT2D eigenvalue weighted by molar-refractivity contribution is 8.93. The Morgan fingerprint density at radius 2 is 1.81 bits per heavy atom. The molecule has 2 aromatic carbocycles. The zero-order valence-electron chi connectivity index (χ0n) is 14.4. The monoisotopic (exact) mass is 457 g/mol. The Morgan fingerprint density at radius 3 is 2.48 bits per heavy atom. The van der Waals surface area contributed by atoms with Gasteiger partial charge < -0.3 is 9.84 Å². The van der Waals surface area contributed by atoms with E-state index in [2.05, 4.69) is 9.31 Å². The largest absolute Gasteiger partial charge is 0.435 e. The van der Waals surface area contributed by atoms with E-state index in [1.165, 1.54) is 12.1 Å². The second-order valence-corrected chi connectivity index (χ2v) is 7.36. The molecule has 8 heteroatoms. The van der Waals surface area contributed by atoms with E-state index >= 15 is 0 Å². The maximum atomic E-state index is 12.4. The van der Waals surface area contributed by atoms with Gasteiger partial charge in [-0.1, -0.05) is 18.2 Å². The van der Waals surface area contributed by atoms with Gasteiger partial charge in [0, 0.05) is 11.3 Å². The summed E-state index contributed by atoms with van der Waals surface area (Å²) in [7, 11) is 0. The van der Waals surface area contributed by atoms with E-state index in [1.54, 1.807) is 23.9 Å². The molecule has 0 spiro atoms. The minimum absolute atomic E-state index is 0. The Hall–Kier alpha value is -1.64. The SMILES string of the molecule is Br.OC1(c2ccc(OC(F)F)cc2)C[N+]2=C(SCCC2)N1c1ccccc1. The van der Waals surface area contributed by atoms with Crippen LogP contribution in [0, 0.1) is 0 Å². The molecule has 1 N–H and O–H groups in total. The fourth-order valence-electron chi connectivity index (χ4n) is 3.48. The van der Waals surface area contributed by atoms with Crippen molar-refractivity contribution in [2.24, 2.45) is 0 Å². The second kappa shape index (κ2) is 8.16. The van der Waals surface area contributed by atoms with Crippen molar-refractivity contribution in [2.45, 2.75) is 18.8 Å². The molecule has 2 aliphatic rings. The highest BCUT2D eigenvalue weighted by atomic mass is 79.9. The number of nitrogens with zero attached hydrogens (tertiary/aromatic N) is 2. The van der Waals surface area contributed by atoms with Gasteiger partial charge >= 0.3 is 11.8 Å². The topological polar surface area (TPSA) is 35.7 Å². The first-order valence-corrected chi connectivity index (χ1v) is 9.44. The summed E-state index contributed by atoms with van der Waals surface area (Å²) in [5.41, 5.74) is 0.275. The van der Waals surface area contributed by atoms with Crippen LogP contribution in [-0.4, -0.2) is 40.3 Å². The molecule has 0 saturated heterocycles. The minimum Gasteiger partial charge on any atom is -0.435 e. The van der Waals surface area contributed by atoms with Gasteiger partial charge in [-0.2, -0.15) is 13.7 Å². The van der Waals surface area contributed by atoms with Crippen molar-refractivity contribution >= 4 is 39.6 Å². The quantitative estimate of drug-likeness (QED) is 0.702. The summed E-state index contributed by atoms with van der Waals surface area (Å²) in [6.07, 6.45) is 1.06. The third-order valence-electron chi connectivity index (χ3n) is 4.60. The predicted octanol–water partition coefficient (Wildman–Crippen LogP) is 4.04. The van der Waals surface area contributed by atoms with Gasteiger partial charge in [-0.25, -0.2) is 4.58 Å². The number of amidine groups is 1. The smallest absolute Gasteiger partial charge is 0.387 e. The number of benzene rings is 2. The highest BCUT2D eigenvalue weighted by Gasteiger charge is 2.55. The first kappa shape index (κ1) is 20.1. The Labute approximate surface area is 171 Å². The number of hydrogen-bond donors (Lipinski definition) is 1. The van der Waals surface area contributed by atoms with E-state index in [1.807, 2.05) is 35.2 Å². The summed E-state index contributed by atoms with van der Waals surface area (Å²) < 4.78 is 31.4. The number of ether oxygens (including phenoxy) is 1. The lowest BCUT2D eigenvalue weighted by Gasteiger charge is -2.28. The number of halogens is 3. The molecule has 27 heavy (non-hydrogen) atoms. The summed E-state index contributed by atoms with van der Waals surface area (Å²) in [6, 6.07) is 16.0. The summed E-state index contributed by atoms with van der Waals surface area (Å²) in [5, 5.41) is 12.7. The van der Waals surface area contributed by atoms with Crippen LogP contribution in [0.2, 0.25) is 0 Å². The molecule has 0 radical (unpaired) electrons. The number of rotatable bonds is 4. The van der Waals surface area contributed by atoms with Crippen LogP contribution >= 0.6 is 28.7 Å². The lowest BCUT2D eigenvalue weighted by Crippen LogP contribution is -2.46. The third kappa shape index (κ3) is 3.83. The molecule has 4 rings (SSSR count). The van der Waals surface area contributed by atoms with Gasteiger partial charge in [0.1, 0.15) is 11.4 Å². The fourth-order valence-corrected chi connectivity index (χ4v) is 4.66. The van der Waals surface area contributed by atoms with Crippen LogP contribution in [0.3, 0.4) is 0 Å². The standard InChI is InChI=1S/C19H19F2N2O2S.BrH/c20-17(21)25-16-9-7-14(8-10-16)19(24)13-22-11-4-12-26-18(22)23(19)15-5-2-1-3-6-15;/h1-3,5-10,17,24H,4,11-13H2;1H/q+1;. The van der Waals surface area contributed by atoms with Crippen molar-refractivity contribution in [3.05, 3.63) is 60.2 Å². The van der Waals surface area contributed by atoms with E-state index in [0.717, 1.165) is 29.6 Å². The summed E-state index contributed by atoms with van der Waals surface area (Å²) in [6.45, 7) is -1.54. The Bertz CT molecular complexity index is 820. The molecule has 0 bridgehead atoms. The molecular weight excluding hydrogens is 438 g/mol. The fraction of sp³-hybridized carbons (Fsp3) is 0.316. The first-order chi connectivity index (χ1) is 12.6. The molecule has 0 amide bonds. The van der Waals surface area contributed by atoms with E-state index < -0.39 is 12.3 Å². The van der Waals surface area contributed by atoms with Crippen LogP contribution in [-0.2, 0) is 5.72 Å². The predicted molar refractivity (Wildman–Crippen MR) is 108 cm³/mol. The maximum absolute atomic E-state index is 12.4. The van der Waals surface area contributed by atoms with Gasteiger partial charge in [0.05, 0.1) is 6.54 Å². The molecule has 1 unspecified atom stereocenters. The van der Waals surface area contributed by atoms with E-state index in [-0.39, 0.29) is 22.7 Å². The molecule has 0 aromatic heterocycles. The molecule has 4 nitrogen and oxygen atoms in total. The van der Waals surface area contributed by atoms with Crippen LogP contribution in [0.1, 0.15) is 12.0 Å². The summed E-state index contributed by atoms with van der Waals surface area (Å²) in [5.74, 6) is 1.09. The highest BCUT2D eigenvalue weighted by Crippen LogP contribution is 2.40. The normalized spacial score (nSPS) is 21.9. The van der Waals surface area contributed by atoms with Gasteiger partial charge in [0.15, 0.2) is 6.54 Å². The zero-order chi connectivity index (χ0) is 18.1. The van der Waals surface area contributed by atoms with E-state index in [9.17, 15) is 13.9 Å². The third-order valence-corrected chi connectivity index (χ3v) is 5.79. The van der Waals surface area contributed by atoms with Crippen molar-refractivity contribution in [1.29, 1.82) is 0 Å². The van der Waals surface area contributed by atoms with Crippen LogP contribution in [0.5, 0.6) is 5.75 Å². The van der Waals surface area contributed by atoms with Crippen LogP contribution < -0.4 is 9.64 Å². The van der Waals surface area contributed by atoms with Gasteiger partial charge in [0.25, 0.3) is 5.72 Å². The number of thioether (sulfide) groups is 1. The minimum atomic E-state index is -2.86. The summed E-state index contributed by atoms with van der Waals surface area (Å²) >= 11 is 1.73. The average molecular weight is 458 g/mol.